The van der Waals surface area contributed by atoms with Crippen molar-refractivity contribution in [2.75, 3.05) is 13.6 Å². The number of carbonyl (C=O) groups excluding carboxylic acids is 4. The zero-order valence-electron chi connectivity index (χ0n) is 24.4. The minimum absolute atomic E-state index is 0.0330. The molecule has 1 heterocycles. The van der Waals surface area contributed by atoms with E-state index in [1.54, 1.807) is 6.92 Å². The molecule has 2 aromatic carbocycles. The first kappa shape index (κ1) is 31.8. The predicted octanol–water partition coefficient (Wildman–Crippen LogP) is 4.83. The number of likely N-dealkylation sites (N-methyl/N-ethyl adjacent to an activating group) is 1. The molecule has 1 N–H and O–H groups in total. The molecular formula is C32H43N3O6. The summed E-state index contributed by atoms with van der Waals surface area (Å²) >= 11 is 0. The molecule has 0 aromatic heterocycles. The molecule has 2 aromatic rings. The molecule has 3 amide bonds. The van der Waals surface area contributed by atoms with Crippen molar-refractivity contribution < 1.29 is 28.7 Å². The van der Waals surface area contributed by atoms with Crippen molar-refractivity contribution in [3.8, 4) is 0 Å². The van der Waals surface area contributed by atoms with Gasteiger partial charge in [0.05, 0.1) is 12.6 Å². The number of hydrogen-bond acceptors (Lipinski definition) is 7. The molecule has 0 unspecified atom stereocenters. The number of imide groups is 1. The molecule has 3 rings (SSSR count). The second kappa shape index (κ2) is 16.5. The maximum atomic E-state index is 13.5. The van der Waals surface area contributed by atoms with E-state index in [0.717, 1.165) is 48.1 Å². The highest BCUT2D eigenvalue weighted by Crippen LogP contribution is 2.19. The van der Waals surface area contributed by atoms with Gasteiger partial charge in [-0.2, -0.15) is 0 Å². The highest BCUT2D eigenvalue weighted by Gasteiger charge is 2.46. The fourth-order valence-electron chi connectivity index (χ4n) is 4.80. The van der Waals surface area contributed by atoms with Crippen LogP contribution >= 0.6 is 0 Å². The fourth-order valence-corrected chi connectivity index (χ4v) is 4.80. The van der Waals surface area contributed by atoms with Gasteiger partial charge in [-0.05, 0) is 24.5 Å². The average Bonchev–Trinajstić information content (AvgIpc) is 3.29. The lowest BCUT2D eigenvalue weighted by Crippen LogP contribution is -2.54. The van der Waals surface area contributed by atoms with Crippen molar-refractivity contribution in [1.82, 2.24) is 15.1 Å². The predicted molar refractivity (Wildman–Crippen MR) is 156 cm³/mol. The molecule has 1 fully saturated rings. The third-order valence-corrected chi connectivity index (χ3v) is 7.20. The number of ether oxygens (including phenoxy) is 2. The van der Waals surface area contributed by atoms with Crippen molar-refractivity contribution in [3.63, 3.8) is 0 Å². The van der Waals surface area contributed by atoms with Gasteiger partial charge in [-0.15, -0.1) is 0 Å². The van der Waals surface area contributed by atoms with E-state index < -0.39 is 42.0 Å². The molecule has 1 aliphatic rings. The Hall–Kier alpha value is -3.72. The van der Waals surface area contributed by atoms with Crippen molar-refractivity contribution in [2.45, 2.75) is 90.1 Å². The Balaban J connectivity index is 1.64. The Labute approximate surface area is 243 Å². The Morgan fingerprint density at radius 3 is 2.05 bits per heavy atom. The van der Waals surface area contributed by atoms with E-state index in [-0.39, 0.29) is 19.8 Å². The number of amides is 3. The van der Waals surface area contributed by atoms with Gasteiger partial charge in [0.1, 0.15) is 19.3 Å². The molecule has 0 spiro atoms. The van der Waals surface area contributed by atoms with Crippen LogP contribution in [0.2, 0.25) is 0 Å². The smallest absolute Gasteiger partial charge is 0.331 e. The van der Waals surface area contributed by atoms with E-state index in [9.17, 15) is 19.2 Å². The highest BCUT2D eigenvalue weighted by atomic mass is 16.5. The number of esters is 2. The first-order valence-electron chi connectivity index (χ1n) is 14.6. The van der Waals surface area contributed by atoms with Crippen LogP contribution in [-0.2, 0) is 37.1 Å². The minimum Gasteiger partial charge on any atom is -0.460 e. The maximum absolute atomic E-state index is 13.5. The summed E-state index contributed by atoms with van der Waals surface area (Å²) in [5.74, 6) is -1.70. The van der Waals surface area contributed by atoms with Crippen molar-refractivity contribution in [2.24, 2.45) is 0 Å². The summed E-state index contributed by atoms with van der Waals surface area (Å²) in [4.78, 5) is 54.8. The van der Waals surface area contributed by atoms with Gasteiger partial charge in [0, 0.05) is 7.05 Å². The summed E-state index contributed by atoms with van der Waals surface area (Å²) < 4.78 is 11.0. The van der Waals surface area contributed by atoms with Crippen molar-refractivity contribution in [3.05, 3.63) is 71.8 Å². The molecule has 0 saturated carbocycles. The van der Waals surface area contributed by atoms with Crippen LogP contribution in [0.25, 0.3) is 0 Å². The number of urea groups is 1. The summed E-state index contributed by atoms with van der Waals surface area (Å²) in [6.45, 7) is 3.96. The molecule has 3 atom stereocenters. The zero-order chi connectivity index (χ0) is 29.6. The summed E-state index contributed by atoms with van der Waals surface area (Å²) in [5, 5.41) is 3.10. The van der Waals surface area contributed by atoms with Crippen LogP contribution in [0.3, 0.4) is 0 Å². The lowest BCUT2D eigenvalue weighted by molar-refractivity contribution is -0.153. The Morgan fingerprint density at radius 2 is 1.44 bits per heavy atom. The lowest BCUT2D eigenvalue weighted by atomic mass is 10.0. The average molecular weight is 566 g/mol. The highest BCUT2D eigenvalue weighted by molar-refractivity contribution is 6.03. The van der Waals surface area contributed by atoms with Crippen LogP contribution in [-0.4, -0.2) is 65.4 Å². The van der Waals surface area contributed by atoms with Crippen LogP contribution < -0.4 is 5.32 Å². The van der Waals surface area contributed by atoms with Gasteiger partial charge in [-0.25, -0.2) is 14.5 Å². The third-order valence-electron chi connectivity index (χ3n) is 7.20. The van der Waals surface area contributed by atoms with E-state index in [2.05, 4.69) is 12.2 Å². The minimum atomic E-state index is -1.07. The summed E-state index contributed by atoms with van der Waals surface area (Å²) in [6, 6.07) is 15.3. The van der Waals surface area contributed by atoms with E-state index in [1.165, 1.54) is 18.4 Å². The largest absolute Gasteiger partial charge is 0.460 e. The number of rotatable bonds is 16. The van der Waals surface area contributed by atoms with Crippen LogP contribution in [0.5, 0.6) is 0 Å². The number of hydrogen-bond donors (Lipinski definition) is 1. The van der Waals surface area contributed by atoms with Crippen LogP contribution in [0.1, 0.15) is 69.9 Å². The summed E-state index contributed by atoms with van der Waals surface area (Å²) in [7, 11) is 1.54. The van der Waals surface area contributed by atoms with Crippen LogP contribution in [0, 0.1) is 0 Å². The van der Waals surface area contributed by atoms with Gasteiger partial charge >= 0.3 is 18.0 Å². The number of benzene rings is 2. The molecule has 9 nitrogen and oxygen atoms in total. The van der Waals surface area contributed by atoms with E-state index in [4.69, 9.17) is 9.47 Å². The normalized spacial score (nSPS) is 16.4. The maximum Gasteiger partial charge on any atom is 0.331 e. The SMILES string of the molecule is CCCCCCCC[C@H](N[C@@H](C)C(=O)N1C(=O)N(C)C[C@H]1C(=O)OCc1ccccc1)C(=O)OCc1ccccc1. The number of unbranched alkanes of at least 4 members (excludes halogenated alkanes) is 5. The summed E-state index contributed by atoms with van der Waals surface area (Å²) in [6.07, 6.45) is 6.82. The van der Waals surface area contributed by atoms with Crippen LogP contribution in [0.15, 0.2) is 60.7 Å². The first-order chi connectivity index (χ1) is 19.8. The third kappa shape index (κ3) is 9.70. The van der Waals surface area contributed by atoms with Gasteiger partial charge in [0.15, 0.2) is 6.04 Å². The molecule has 1 saturated heterocycles. The van der Waals surface area contributed by atoms with E-state index in [0.29, 0.717) is 6.42 Å². The fraction of sp³-hybridized carbons (Fsp3) is 0.500. The quantitative estimate of drug-likeness (QED) is 0.230. The second-order valence-corrected chi connectivity index (χ2v) is 10.6. The number of carbonyl (C=O) groups is 4. The van der Waals surface area contributed by atoms with Gasteiger partial charge < -0.3 is 14.4 Å². The van der Waals surface area contributed by atoms with E-state index in [1.807, 2.05) is 60.7 Å². The van der Waals surface area contributed by atoms with Gasteiger partial charge in [0.25, 0.3) is 0 Å². The molecule has 222 valence electrons. The molecule has 41 heavy (non-hydrogen) atoms. The molecular weight excluding hydrogens is 522 g/mol. The Kier molecular flexibility index (Phi) is 12.8. The molecule has 0 radical (unpaired) electrons. The number of nitrogens with one attached hydrogen (secondary N) is 1. The first-order valence-corrected chi connectivity index (χ1v) is 14.6. The van der Waals surface area contributed by atoms with Gasteiger partial charge in [0.2, 0.25) is 5.91 Å². The Bertz CT molecular complexity index is 1130. The monoisotopic (exact) mass is 565 g/mol. The molecule has 9 heteroatoms. The topological polar surface area (TPSA) is 105 Å². The molecule has 0 bridgehead atoms. The number of nitrogens with zero attached hydrogens (tertiary/aromatic N) is 2. The van der Waals surface area contributed by atoms with E-state index >= 15 is 0 Å². The summed E-state index contributed by atoms with van der Waals surface area (Å²) in [5.41, 5.74) is 1.67. The van der Waals surface area contributed by atoms with Gasteiger partial charge in [-0.1, -0.05) is 106 Å². The molecule has 0 aliphatic carbocycles. The zero-order valence-corrected chi connectivity index (χ0v) is 24.4. The van der Waals surface area contributed by atoms with Crippen LogP contribution in [0.4, 0.5) is 4.79 Å². The molecule has 1 aliphatic heterocycles. The Morgan fingerprint density at radius 1 is 0.878 bits per heavy atom. The standard InChI is InChI=1S/C32H43N3O6/c1-4-5-6-7-8-15-20-27(30(37)40-22-25-16-11-9-12-17-25)33-24(2)29(36)35-28(21-34(3)32(35)39)31(38)41-23-26-18-13-10-14-19-26/h9-14,16-19,24,27-28,33H,4-8,15,20-23H2,1-3H3/t24-,27-,28-/m0/s1. The van der Waals surface area contributed by atoms with Gasteiger partial charge in [-0.3, -0.25) is 14.9 Å². The lowest BCUT2D eigenvalue weighted by Gasteiger charge is -2.26. The van der Waals surface area contributed by atoms with Crippen molar-refractivity contribution >= 4 is 23.9 Å². The second-order valence-electron chi connectivity index (χ2n) is 10.6. The van der Waals surface area contributed by atoms with Crippen molar-refractivity contribution in [1.29, 1.82) is 0 Å².